The summed E-state index contributed by atoms with van der Waals surface area (Å²) in [5, 5.41) is 11.6. The van der Waals surface area contributed by atoms with E-state index in [9.17, 15) is 0 Å². The van der Waals surface area contributed by atoms with E-state index >= 15 is 0 Å². The fourth-order valence-corrected chi connectivity index (χ4v) is 6.10. The Bertz CT molecular complexity index is 1550. The highest BCUT2D eigenvalue weighted by Gasteiger charge is 2.27. The third kappa shape index (κ3) is 6.20. The molecule has 42 heavy (non-hydrogen) atoms. The minimum absolute atomic E-state index is 0.301. The maximum atomic E-state index is 8.18. The van der Waals surface area contributed by atoms with Crippen molar-refractivity contribution in [3.05, 3.63) is 89.2 Å². The Balaban J connectivity index is 0.948. The molecule has 8 nitrogen and oxygen atoms in total. The maximum absolute atomic E-state index is 8.18. The minimum atomic E-state index is 0.301. The summed E-state index contributed by atoms with van der Waals surface area (Å²) in [6, 6.07) is 12.7. The summed E-state index contributed by atoms with van der Waals surface area (Å²) in [7, 11) is 0. The summed E-state index contributed by atoms with van der Waals surface area (Å²) in [6.45, 7) is 7.22. The van der Waals surface area contributed by atoms with E-state index in [2.05, 4.69) is 52.0 Å². The molecule has 1 atom stereocenters. The number of piperidine rings is 1. The van der Waals surface area contributed by atoms with Gasteiger partial charge in [-0.2, -0.15) is 0 Å². The molecule has 218 valence electrons. The minimum Gasteiger partial charge on any atom is -0.471 e. The van der Waals surface area contributed by atoms with Crippen LogP contribution in [0.2, 0.25) is 0 Å². The molecule has 0 bridgehead atoms. The van der Waals surface area contributed by atoms with Crippen molar-refractivity contribution in [3.8, 4) is 5.88 Å². The van der Waals surface area contributed by atoms with Crippen molar-refractivity contribution in [1.29, 1.82) is 5.41 Å². The molecule has 8 heteroatoms. The van der Waals surface area contributed by atoms with Gasteiger partial charge in [0.1, 0.15) is 12.4 Å². The van der Waals surface area contributed by atoms with Gasteiger partial charge >= 0.3 is 0 Å². The van der Waals surface area contributed by atoms with Crippen LogP contribution in [0, 0.1) is 18.3 Å². The first-order valence-electron chi connectivity index (χ1n) is 15.4. The molecule has 0 spiro atoms. The van der Waals surface area contributed by atoms with Gasteiger partial charge < -0.3 is 24.8 Å². The predicted molar refractivity (Wildman–Crippen MR) is 165 cm³/mol. The molecule has 1 aromatic carbocycles. The first kappa shape index (κ1) is 27.1. The first-order valence-corrected chi connectivity index (χ1v) is 15.4. The number of allylic oxidation sites excluding steroid dienone is 4. The highest BCUT2D eigenvalue weighted by molar-refractivity contribution is 5.96. The lowest BCUT2D eigenvalue weighted by atomic mass is 9.93. The molecule has 1 unspecified atom stereocenters. The lowest BCUT2D eigenvalue weighted by Crippen LogP contribution is -2.35. The summed E-state index contributed by atoms with van der Waals surface area (Å²) in [4.78, 5) is 12.5. The van der Waals surface area contributed by atoms with Crippen molar-refractivity contribution >= 4 is 16.7 Å². The molecule has 3 fully saturated rings. The molecule has 3 aliphatic heterocycles. The number of ether oxygens (including phenoxy) is 2. The summed E-state index contributed by atoms with van der Waals surface area (Å²) in [5.74, 6) is 2.66. The van der Waals surface area contributed by atoms with Crippen LogP contribution in [-0.4, -0.2) is 57.6 Å². The van der Waals surface area contributed by atoms with Gasteiger partial charge in [-0.1, -0.05) is 18.2 Å². The van der Waals surface area contributed by atoms with Crippen LogP contribution in [0.4, 0.5) is 0 Å². The third-order valence-electron chi connectivity index (χ3n) is 8.86. The Morgan fingerprint density at radius 3 is 2.76 bits per heavy atom. The largest absolute Gasteiger partial charge is 0.471 e. The summed E-state index contributed by atoms with van der Waals surface area (Å²) in [5.41, 5.74) is 7.30. The van der Waals surface area contributed by atoms with Crippen molar-refractivity contribution in [1.82, 2.24) is 24.8 Å². The van der Waals surface area contributed by atoms with Gasteiger partial charge in [0.2, 0.25) is 5.88 Å². The molecule has 2 N–H and O–H groups in total. The van der Waals surface area contributed by atoms with Crippen molar-refractivity contribution in [2.75, 3.05) is 26.3 Å². The fourth-order valence-electron chi connectivity index (χ4n) is 6.10. The molecule has 2 saturated heterocycles. The number of pyridine rings is 1. The van der Waals surface area contributed by atoms with Crippen molar-refractivity contribution in [3.63, 3.8) is 0 Å². The number of dihydropyridines is 1. The standard InChI is InChI=1S/C34H40N6O2/c1-23-8-11-31-32(18-23)40(20-28-14-17-41-28)33(37-31)21-39-15-12-25(13-16-39)30-6-3-7-34(38-30)42-22-27-5-2-4-26(36-27)19-29(35)24-9-10-24/h2-8,11,18-19,24-25,28,35-36H,9-10,12-17,20-22H2,1H3/b26-19-,35-29?. The number of imidazole rings is 1. The Morgan fingerprint density at radius 2 is 1.98 bits per heavy atom. The van der Waals surface area contributed by atoms with Crippen LogP contribution in [0.3, 0.4) is 0 Å². The van der Waals surface area contributed by atoms with Gasteiger partial charge in [0.05, 0.1) is 35.9 Å². The Kier molecular flexibility index (Phi) is 7.65. The van der Waals surface area contributed by atoms with Crippen molar-refractivity contribution < 1.29 is 9.47 Å². The van der Waals surface area contributed by atoms with Gasteiger partial charge in [-0.25, -0.2) is 9.97 Å². The molecule has 1 saturated carbocycles. The van der Waals surface area contributed by atoms with Crippen LogP contribution in [0.1, 0.15) is 55.1 Å². The SMILES string of the molecule is Cc1ccc2nc(CN3CCC(c4cccc(OCC5=CC=C/C(=C/C(=N)C6CC6)N5)n4)CC3)n(CC3CCO3)c2c1. The molecule has 4 aliphatic rings. The second-order valence-corrected chi connectivity index (χ2v) is 12.2. The van der Waals surface area contributed by atoms with Gasteiger partial charge in [-0.15, -0.1) is 0 Å². The topological polar surface area (TPSA) is 88.3 Å². The molecule has 7 rings (SSSR count). The number of aryl methyl sites for hydroxylation is 1. The van der Waals surface area contributed by atoms with E-state index in [4.69, 9.17) is 24.9 Å². The maximum Gasteiger partial charge on any atom is 0.213 e. The quantitative estimate of drug-likeness (QED) is 0.310. The zero-order valence-electron chi connectivity index (χ0n) is 24.4. The molecule has 5 heterocycles. The number of fused-ring (bicyclic) bond motifs is 1. The van der Waals surface area contributed by atoms with Crippen molar-refractivity contribution in [2.45, 2.75) is 64.1 Å². The Hall–Kier alpha value is -3.75. The van der Waals surface area contributed by atoms with Crippen LogP contribution >= 0.6 is 0 Å². The van der Waals surface area contributed by atoms with Gasteiger partial charge in [-0.3, -0.25) is 4.90 Å². The van der Waals surface area contributed by atoms with Gasteiger partial charge in [0, 0.05) is 41.6 Å². The number of nitrogens with one attached hydrogen (secondary N) is 2. The van der Waals surface area contributed by atoms with Gasteiger partial charge in [-0.05, 0) is 94.1 Å². The molecule has 3 aromatic rings. The van der Waals surface area contributed by atoms with E-state index in [0.717, 1.165) is 93.3 Å². The van der Waals surface area contributed by atoms with E-state index in [-0.39, 0.29) is 0 Å². The van der Waals surface area contributed by atoms with Crippen molar-refractivity contribution in [2.24, 2.45) is 5.92 Å². The van der Waals surface area contributed by atoms with Gasteiger partial charge in [0.15, 0.2) is 0 Å². The second kappa shape index (κ2) is 11.9. The number of rotatable bonds is 10. The van der Waals surface area contributed by atoms with Crippen LogP contribution in [0.5, 0.6) is 5.88 Å². The number of hydrogen-bond acceptors (Lipinski definition) is 7. The highest BCUT2D eigenvalue weighted by Crippen LogP contribution is 2.31. The normalized spacial score (nSPS) is 22.2. The zero-order chi connectivity index (χ0) is 28.5. The number of benzene rings is 1. The molecule has 1 aliphatic carbocycles. The predicted octanol–water partition coefficient (Wildman–Crippen LogP) is 5.64. The highest BCUT2D eigenvalue weighted by atomic mass is 16.5. The van der Waals surface area contributed by atoms with Crippen LogP contribution < -0.4 is 10.1 Å². The summed E-state index contributed by atoms with van der Waals surface area (Å²) < 4.78 is 14.3. The smallest absolute Gasteiger partial charge is 0.213 e. The fraction of sp³-hybridized carbons (Fsp3) is 0.441. The average Bonchev–Trinajstić information content (AvgIpc) is 3.78. The average molecular weight is 565 g/mol. The summed E-state index contributed by atoms with van der Waals surface area (Å²) >= 11 is 0. The van der Waals surface area contributed by atoms with Crippen LogP contribution in [-0.2, 0) is 17.8 Å². The van der Waals surface area contributed by atoms with Crippen LogP contribution in [0.15, 0.2) is 72.1 Å². The molecule has 0 amide bonds. The molecular weight excluding hydrogens is 524 g/mol. The van der Waals surface area contributed by atoms with Gasteiger partial charge in [0.25, 0.3) is 0 Å². The van der Waals surface area contributed by atoms with E-state index in [1.165, 1.54) is 11.1 Å². The van der Waals surface area contributed by atoms with Crippen LogP contribution in [0.25, 0.3) is 11.0 Å². The molecular formula is C34H40N6O2. The van der Waals surface area contributed by atoms with E-state index in [1.807, 2.05) is 30.4 Å². The summed E-state index contributed by atoms with van der Waals surface area (Å²) in [6.07, 6.45) is 13.8. The molecule has 0 radical (unpaired) electrons. The first-order chi connectivity index (χ1) is 20.6. The third-order valence-corrected chi connectivity index (χ3v) is 8.86. The zero-order valence-corrected chi connectivity index (χ0v) is 24.4. The number of likely N-dealkylation sites (tertiary alicyclic amines) is 1. The lowest BCUT2D eigenvalue weighted by molar-refractivity contribution is -0.0592. The number of nitrogens with zero attached hydrogens (tertiary/aromatic N) is 4. The Labute approximate surface area is 247 Å². The van der Waals surface area contributed by atoms with E-state index < -0.39 is 0 Å². The lowest BCUT2D eigenvalue weighted by Gasteiger charge is -2.32. The van der Waals surface area contributed by atoms with E-state index in [0.29, 0.717) is 36.1 Å². The van der Waals surface area contributed by atoms with E-state index in [1.54, 1.807) is 0 Å². The monoisotopic (exact) mass is 564 g/mol. The second-order valence-electron chi connectivity index (χ2n) is 12.2. The number of hydrogen-bond donors (Lipinski definition) is 2. The number of aromatic nitrogens is 3. The molecule has 2 aromatic heterocycles. The Morgan fingerprint density at radius 1 is 1.12 bits per heavy atom.